The van der Waals surface area contributed by atoms with Crippen LogP contribution < -0.4 is 0 Å². The summed E-state index contributed by atoms with van der Waals surface area (Å²) in [6, 6.07) is -0.345. The van der Waals surface area contributed by atoms with Gasteiger partial charge >= 0.3 is 6.09 Å². The van der Waals surface area contributed by atoms with E-state index in [1.165, 1.54) is 0 Å². The lowest BCUT2D eigenvalue weighted by molar-refractivity contribution is -0.139. The second kappa shape index (κ2) is 6.04. The molecule has 0 N–H and O–H groups in total. The smallest absolute Gasteiger partial charge is 0.410 e. The van der Waals surface area contributed by atoms with E-state index < -0.39 is 0 Å². The fourth-order valence-corrected chi connectivity index (χ4v) is 2.44. The number of ether oxygens (including phenoxy) is 2. The van der Waals surface area contributed by atoms with Gasteiger partial charge in [-0.05, 0) is 19.8 Å². The van der Waals surface area contributed by atoms with Crippen LogP contribution in [0.5, 0.6) is 0 Å². The molecule has 2 aliphatic heterocycles. The molecule has 0 radical (unpaired) electrons. The van der Waals surface area contributed by atoms with Crippen molar-refractivity contribution in [3.8, 4) is 0 Å². The van der Waals surface area contributed by atoms with E-state index in [0.717, 1.165) is 12.8 Å². The molecule has 2 heterocycles. The molecule has 2 amide bonds. The molecule has 1 unspecified atom stereocenters. The van der Waals surface area contributed by atoms with Crippen molar-refractivity contribution in [2.45, 2.75) is 25.8 Å². The molecule has 6 heteroatoms. The Morgan fingerprint density at radius 2 is 2.00 bits per heavy atom. The highest BCUT2D eigenvalue weighted by Gasteiger charge is 2.37. The van der Waals surface area contributed by atoms with Crippen molar-refractivity contribution < 1.29 is 19.1 Å². The Morgan fingerprint density at radius 3 is 2.67 bits per heavy atom. The van der Waals surface area contributed by atoms with E-state index in [-0.39, 0.29) is 18.0 Å². The SMILES string of the molecule is CCOC(=O)N1CCCC1C(=O)N1CCOCC1. The van der Waals surface area contributed by atoms with Gasteiger partial charge < -0.3 is 14.4 Å². The van der Waals surface area contributed by atoms with Crippen LogP contribution in [0, 0.1) is 0 Å². The normalized spacial score (nSPS) is 24.2. The summed E-state index contributed by atoms with van der Waals surface area (Å²) in [5.74, 6) is 0.0313. The maximum Gasteiger partial charge on any atom is 0.410 e. The van der Waals surface area contributed by atoms with Crippen LogP contribution in [0.15, 0.2) is 0 Å². The lowest BCUT2D eigenvalue weighted by atomic mass is 10.2. The van der Waals surface area contributed by atoms with Gasteiger partial charge in [-0.15, -0.1) is 0 Å². The van der Waals surface area contributed by atoms with Gasteiger partial charge in [-0.3, -0.25) is 9.69 Å². The number of hydrogen-bond donors (Lipinski definition) is 0. The van der Waals surface area contributed by atoms with Crippen LogP contribution in [0.3, 0.4) is 0 Å². The Kier molecular flexibility index (Phi) is 4.41. The Balaban J connectivity index is 1.97. The van der Waals surface area contributed by atoms with Crippen molar-refractivity contribution in [1.82, 2.24) is 9.80 Å². The number of rotatable bonds is 2. The number of hydrogen-bond acceptors (Lipinski definition) is 4. The summed E-state index contributed by atoms with van der Waals surface area (Å²) in [5, 5.41) is 0. The quantitative estimate of drug-likeness (QED) is 0.720. The third-order valence-electron chi connectivity index (χ3n) is 3.36. The molecule has 0 bridgehead atoms. The zero-order chi connectivity index (χ0) is 13.0. The third-order valence-corrected chi connectivity index (χ3v) is 3.36. The summed E-state index contributed by atoms with van der Waals surface area (Å²) in [6.45, 7) is 5.12. The Labute approximate surface area is 107 Å². The average molecular weight is 256 g/mol. The van der Waals surface area contributed by atoms with Crippen molar-refractivity contribution in [3.63, 3.8) is 0 Å². The topological polar surface area (TPSA) is 59.1 Å². The van der Waals surface area contributed by atoms with Crippen LogP contribution in [0.1, 0.15) is 19.8 Å². The van der Waals surface area contributed by atoms with E-state index >= 15 is 0 Å². The van der Waals surface area contributed by atoms with Gasteiger partial charge in [-0.1, -0.05) is 0 Å². The second-order valence-electron chi connectivity index (χ2n) is 4.49. The van der Waals surface area contributed by atoms with Crippen LogP contribution in [-0.2, 0) is 14.3 Å². The van der Waals surface area contributed by atoms with Gasteiger partial charge in [0.1, 0.15) is 6.04 Å². The highest BCUT2D eigenvalue weighted by molar-refractivity contribution is 5.86. The van der Waals surface area contributed by atoms with Gasteiger partial charge in [0, 0.05) is 19.6 Å². The fraction of sp³-hybridized carbons (Fsp3) is 0.833. The van der Waals surface area contributed by atoms with E-state index in [4.69, 9.17) is 9.47 Å². The molecular weight excluding hydrogens is 236 g/mol. The maximum absolute atomic E-state index is 12.3. The molecule has 0 aromatic heterocycles. The molecule has 0 saturated carbocycles. The Morgan fingerprint density at radius 1 is 1.28 bits per heavy atom. The van der Waals surface area contributed by atoms with Crippen molar-refractivity contribution in [2.24, 2.45) is 0 Å². The van der Waals surface area contributed by atoms with Gasteiger partial charge in [0.2, 0.25) is 5.91 Å². The first kappa shape index (κ1) is 13.1. The van der Waals surface area contributed by atoms with E-state index in [0.29, 0.717) is 39.5 Å². The lowest BCUT2D eigenvalue weighted by Crippen LogP contribution is -2.51. The summed E-state index contributed by atoms with van der Waals surface area (Å²) < 4.78 is 10.2. The molecule has 6 nitrogen and oxygen atoms in total. The minimum absolute atomic E-state index is 0.0313. The summed E-state index contributed by atoms with van der Waals surface area (Å²) in [4.78, 5) is 27.4. The molecule has 2 aliphatic rings. The number of carbonyl (C=O) groups is 2. The van der Waals surface area contributed by atoms with Crippen LogP contribution in [-0.4, -0.2) is 67.3 Å². The molecule has 102 valence electrons. The average Bonchev–Trinajstić information content (AvgIpc) is 2.88. The zero-order valence-corrected chi connectivity index (χ0v) is 10.8. The van der Waals surface area contributed by atoms with E-state index in [1.807, 2.05) is 0 Å². The number of likely N-dealkylation sites (tertiary alicyclic amines) is 1. The Hall–Kier alpha value is -1.30. The Bertz CT molecular complexity index is 315. The minimum atomic E-state index is -0.374. The molecule has 2 rings (SSSR count). The predicted molar refractivity (Wildman–Crippen MR) is 64.1 cm³/mol. The first-order valence-corrected chi connectivity index (χ1v) is 6.54. The maximum atomic E-state index is 12.3. The molecular formula is C12H20N2O4. The largest absolute Gasteiger partial charge is 0.450 e. The van der Waals surface area contributed by atoms with Crippen LogP contribution in [0.25, 0.3) is 0 Å². The monoisotopic (exact) mass is 256 g/mol. The van der Waals surface area contributed by atoms with Crippen LogP contribution in [0.4, 0.5) is 4.79 Å². The van der Waals surface area contributed by atoms with Gasteiger partial charge in [0.05, 0.1) is 19.8 Å². The first-order chi connectivity index (χ1) is 8.74. The highest BCUT2D eigenvalue weighted by Crippen LogP contribution is 2.20. The minimum Gasteiger partial charge on any atom is -0.450 e. The highest BCUT2D eigenvalue weighted by atomic mass is 16.6. The van der Waals surface area contributed by atoms with Crippen molar-refractivity contribution in [1.29, 1.82) is 0 Å². The molecule has 0 aromatic carbocycles. The van der Waals surface area contributed by atoms with Crippen LogP contribution >= 0.6 is 0 Å². The van der Waals surface area contributed by atoms with Crippen molar-refractivity contribution in [3.05, 3.63) is 0 Å². The zero-order valence-electron chi connectivity index (χ0n) is 10.8. The van der Waals surface area contributed by atoms with E-state index in [2.05, 4.69) is 0 Å². The number of nitrogens with zero attached hydrogens (tertiary/aromatic N) is 2. The van der Waals surface area contributed by atoms with E-state index in [9.17, 15) is 9.59 Å². The summed E-state index contributed by atoms with van der Waals surface area (Å²) in [5.41, 5.74) is 0. The van der Waals surface area contributed by atoms with Crippen molar-refractivity contribution in [2.75, 3.05) is 39.5 Å². The van der Waals surface area contributed by atoms with Gasteiger partial charge in [-0.2, -0.15) is 0 Å². The van der Waals surface area contributed by atoms with E-state index in [1.54, 1.807) is 16.7 Å². The summed E-state index contributed by atoms with van der Waals surface area (Å²) >= 11 is 0. The molecule has 2 fully saturated rings. The second-order valence-corrected chi connectivity index (χ2v) is 4.49. The van der Waals surface area contributed by atoms with Crippen molar-refractivity contribution >= 4 is 12.0 Å². The standard InChI is InChI=1S/C12H20N2O4/c1-2-18-12(16)14-5-3-4-10(14)11(15)13-6-8-17-9-7-13/h10H,2-9H2,1H3. The molecule has 0 aliphatic carbocycles. The first-order valence-electron chi connectivity index (χ1n) is 6.54. The lowest BCUT2D eigenvalue weighted by Gasteiger charge is -2.32. The van der Waals surface area contributed by atoms with Gasteiger partial charge in [0.15, 0.2) is 0 Å². The molecule has 1 atom stereocenters. The predicted octanol–water partition coefficient (Wildman–Crippen LogP) is 0.466. The summed E-state index contributed by atoms with van der Waals surface area (Å²) in [7, 11) is 0. The fourth-order valence-electron chi connectivity index (χ4n) is 2.44. The number of carbonyl (C=O) groups excluding carboxylic acids is 2. The molecule has 18 heavy (non-hydrogen) atoms. The number of morpholine rings is 1. The molecule has 0 spiro atoms. The van der Waals surface area contributed by atoms with Gasteiger partial charge in [0.25, 0.3) is 0 Å². The molecule has 0 aromatic rings. The number of amides is 2. The summed E-state index contributed by atoms with van der Waals surface area (Å²) in [6.07, 6.45) is 1.22. The van der Waals surface area contributed by atoms with Gasteiger partial charge in [-0.25, -0.2) is 4.79 Å². The third kappa shape index (κ3) is 2.75. The van der Waals surface area contributed by atoms with Crippen LogP contribution in [0.2, 0.25) is 0 Å². The molecule has 2 saturated heterocycles.